The Morgan fingerprint density at radius 1 is 1.10 bits per heavy atom. The summed E-state index contributed by atoms with van der Waals surface area (Å²) >= 11 is 0. The zero-order valence-electron chi connectivity index (χ0n) is 16.8. The number of nitrogens with zero attached hydrogens (tertiary/aromatic N) is 1. The van der Waals surface area contributed by atoms with Crippen LogP contribution in [0.3, 0.4) is 0 Å². The van der Waals surface area contributed by atoms with Crippen molar-refractivity contribution in [3.63, 3.8) is 0 Å². The number of carbonyl (C=O) groups excluding carboxylic acids is 4. The van der Waals surface area contributed by atoms with Crippen molar-refractivity contribution >= 4 is 23.6 Å². The highest BCUT2D eigenvalue weighted by Crippen LogP contribution is 2.58. The summed E-state index contributed by atoms with van der Waals surface area (Å²) in [5, 5.41) is 5.75. The molecular formula is C22H26N4O4. The lowest BCUT2D eigenvalue weighted by Gasteiger charge is -2.58. The van der Waals surface area contributed by atoms with Crippen molar-refractivity contribution in [3.05, 3.63) is 34.9 Å². The van der Waals surface area contributed by atoms with Crippen LogP contribution in [0.25, 0.3) is 0 Å². The zero-order chi connectivity index (χ0) is 21.0. The van der Waals surface area contributed by atoms with Crippen molar-refractivity contribution in [1.29, 1.82) is 0 Å². The molecule has 2 heterocycles. The summed E-state index contributed by atoms with van der Waals surface area (Å²) in [6.07, 6.45) is 4.98. The van der Waals surface area contributed by atoms with Gasteiger partial charge < -0.3 is 11.1 Å². The van der Waals surface area contributed by atoms with Gasteiger partial charge in [-0.2, -0.15) is 0 Å². The maximum atomic E-state index is 13.1. The van der Waals surface area contributed by atoms with Crippen LogP contribution in [0, 0.1) is 11.3 Å². The third kappa shape index (κ3) is 2.97. The van der Waals surface area contributed by atoms with Crippen molar-refractivity contribution < 1.29 is 19.2 Å². The monoisotopic (exact) mass is 410 g/mol. The van der Waals surface area contributed by atoms with E-state index in [0.29, 0.717) is 35.0 Å². The van der Waals surface area contributed by atoms with E-state index in [9.17, 15) is 19.2 Å². The van der Waals surface area contributed by atoms with Gasteiger partial charge in [0.1, 0.15) is 6.04 Å². The first-order chi connectivity index (χ1) is 14.4. The van der Waals surface area contributed by atoms with Gasteiger partial charge in [0.2, 0.25) is 11.8 Å². The number of benzene rings is 1. The van der Waals surface area contributed by atoms with Crippen molar-refractivity contribution in [2.75, 3.05) is 6.54 Å². The minimum Gasteiger partial charge on any atom is -0.330 e. The van der Waals surface area contributed by atoms with E-state index < -0.39 is 23.8 Å². The molecule has 158 valence electrons. The normalized spacial score (nSPS) is 32.7. The summed E-state index contributed by atoms with van der Waals surface area (Å²) in [4.78, 5) is 50.7. The van der Waals surface area contributed by atoms with Gasteiger partial charge in [-0.1, -0.05) is 12.1 Å². The highest BCUT2D eigenvalue weighted by Gasteiger charge is 2.52. The van der Waals surface area contributed by atoms with E-state index in [4.69, 9.17) is 5.73 Å². The quantitative estimate of drug-likeness (QED) is 0.614. The molecule has 0 bridgehead atoms. The van der Waals surface area contributed by atoms with E-state index in [1.165, 1.54) is 12.8 Å². The first-order valence-corrected chi connectivity index (χ1v) is 10.7. The van der Waals surface area contributed by atoms with Gasteiger partial charge >= 0.3 is 0 Å². The molecule has 1 aromatic carbocycles. The lowest BCUT2D eigenvalue weighted by atomic mass is 9.50. The number of rotatable bonds is 5. The van der Waals surface area contributed by atoms with Crippen LogP contribution in [-0.4, -0.2) is 47.2 Å². The molecule has 30 heavy (non-hydrogen) atoms. The summed E-state index contributed by atoms with van der Waals surface area (Å²) in [5.74, 6) is -1.20. The third-order valence-electron chi connectivity index (χ3n) is 7.27. The number of fused-ring (bicyclic) bond motifs is 1. The summed E-state index contributed by atoms with van der Waals surface area (Å²) in [6, 6.07) is 4.74. The topological polar surface area (TPSA) is 122 Å². The Labute approximate surface area is 174 Å². The van der Waals surface area contributed by atoms with Crippen LogP contribution in [0.2, 0.25) is 0 Å². The summed E-state index contributed by atoms with van der Waals surface area (Å²) in [7, 11) is 0. The summed E-state index contributed by atoms with van der Waals surface area (Å²) < 4.78 is 0. The predicted molar refractivity (Wildman–Crippen MR) is 107 cm³/mol. The number of hydrogen-bond acceptors (Lipinski definition) is 6. The highest BCUT2D eigenvalue weighted by molar-refractivity contribution is 6.24. The van der Waals surface area contributed by atoms with Crippen molar-refractivity contribution in [2.45, 2.75) is 57.2 Å². The van der Waals surface area contributed by atoms with E-state index in [-0.39, 0.29) is 18.7 Å². The summed E-state index contributed by atoms with van der Waals surface area (Å²) in [5.41, 5.74) is 7.69. The minimum atomic E-state index is -0.934. The predicted octanol–water partition coefficient (Wildman–Crippen LogP) is 0.695. The number of hydrogen-bond donors (Lipinski definition) is 3. The largest absolute Gasteiger partial charge is 0.330 e. The molecule has 4 aliphatic rings. The number of nitrogens with one attached hydrogen (secondary N) is 2. The second-order valence-electron chi connectivity index (χ2n) is 9.28. The van der Waals surface area contributed by atoms with Gasteiger partial charge in [-0.15, -0.1) is 0 Å². The Hall–Kier alpha value is -2.58. The fourth-order valence-corrected chi connectivity index (χ4v) is 5.78. The van der Waals surface area contributed by atoms with Crippen LogP contribution in [0.1, 0.15) is 64.8 Å². The first kappa shape index (κ1) is 19.4. The number of carbonyl (C=O) groups is 4. The van der Waals surface area contributed by atoms with E-state index >= 15 is 0 Å². The molecule has 3 fully saturated rings. The van der Waals surface area contributed by atoms with Gasteiger partial charge in [-0.25, -0.2) is 0 Å². The van der Waals surface area contributed by atoms with Gasteiger partial charge in [0.15, 0.2) is 0 Å². The van der Waals surface area contributed by atoms with Crippen LogP contribution in [0.4, 0.5) is 0 Å². The molecule has 8 heteroatoms. The standard InChI is InChI=1S/C22H26N4O4/c23-10-12-6-22(7-12)8-14(9-22)24-11-13-2-1-3-15-18(13)21(30)26(20(15)29)16-4-5-17(27)25-19(16)28/h1-3,12,14,16,24H,4-11,23H2,(H,25,27,28). The van der Waals surface area contributed by atoms with Gasteiger partial charge in [-0.05, 0) is 61.6 Å². The summed E-state index contributed by atoms with van der Waals surface area (Å²) in [6.45, 7) is 1.28. The van der Waals surface area contributed by atoms with Crippen molar-refractivity contribution in [2.24, 2.45) is 17.1 Å². The van der Waals surface area contributed by atoms with Crippen LogP contribution in [0.5, 0.6) is 0 Å². The number of amides is 4. The molecule has 4 amide bonds. The Kier molecular flexibility index (Phi) is 4.52. The molecule has 1 unspecified atom stereocenters. The lowest BCUT2D eigenvalue weighted by Crippen LogP contribution is -2.56. The Bertz CT molecular complexity index is 944. The second kappa shape index (κ2) is 6.99. The third-order valence-corrected chi connectivity index (χ3v) is 7.27. The Morgan fingerprint density at radius 2 is 1.87 bits per heavy atom. The molecular weight excluding hydrogens is 384 g/mol. The first-order valence-electron chi connectivity index (χ1n) is 10.7. The van der Waals surface area contributed by atoms with E-state index in [2.05, 4.69) is 10.6 Å². The molecule has 1 aromatic rings. The van der Waals surface area contributed by atoms with Gasteiger partial charge in [-0.3, -0.25) is 29.4 Å². The maximum absolute atomic E-state index is 13.1. The van der Waals surface area contributed by atoms with Crippen molar-refractivity contribution in [3.8, 4) is 0 Å². The number of imide groups is 2. The number of nitrogens with two attached hydrogens (primary N) is 1. The van der Waals surface area contributed by atoms with Gasteiger partial charge in [0.05, 0.1) is 11.1 Å². The fourth-order valence-electron chi connectivity index (χ4n) is 5.78. The van der Waals surface area contributed by atoms with Gasteiger partial charge in [0, 0.05) is 19.0 Å². The average Bonchev–Trinajstić information content (AvgIpc) is 2.91. The molecule has 2 aliphatic heterocycles. The smallest absolute Gasteiger partial charge is 0.262 e. The van der Waals surface area contributed by atoms with Crippen LogP contribution in [-0.2, 0) is 16.1 Å². The van der Waals surface area contributed by atoms with E-state index in [1.807, 2.05) is 6.07 Å². The van der Waals surface area contributed by atoms with Crippen LogP contribution < -0.4 is 16.4 Å². The fraction of sp³-hybridized carbons (Fsp3) is 0.545. The lowest BCUT2D eigenvalue weighted by molar-refractivity contribution is -0.136. The number of piperidine rings is 1. The second-order valence-corrected chi connectivity index (χ2v) is 9.28. The zero-order valence-corrected chi connectivity index (χ0v) is 16.8. The van der Waals surface area contributed by atoms with Crippen LogP contribution in [0.15, 0.2) is 18.2 Å². The Balaban J connectivity index is 1.27. The maximum Gasteiger partial charge on any atom is 0.262 e. The Morgan fingerprint density at radius 3 is 2.57 bits per heavy atom. The molecule has 0 radical (unpaired) electrons. The molecule has 4 N–H and O–H groups in total. The van der Waals surface area contributed by atoms with Crippen LogP contribution >= 0.6 is 0 Å². The minimum absolute atomic E-state index is 0.118. The van der Waals surface area contributed by atoms with Gasteiger partial charge in [0.25, 0.3) is 11.8 Å². The highest BCUT2D eigenvalue weighted by atomic mass is 16.2. The molecule has 1 atom stereocenters. The molecule has 8 nitrogen and oxygen atoms in total. The average molecular weight is 410 g/mol. The SMILES string of the molecule is NCC1CC2(C1)CC(NCc1cccc3c1C(=O)N(C1CCC(=O)NC1=O)C3=O)C2. The van der Waals surface area contributed by atoms with E-state index in [0.717, 1.165) is 29.8 Å². The molecule has 1 saturated heterocycles. The van der Waals surface area contributed by atoms with E-state index in [1.54, 1.807) is 12.1 Å². The molecule has 2 aliphatic carbocycles. The molecule has 5 rings (SSSR count). The molecule has 0 aromatic heterocycles. The van der Waals surface area contributed by atoms with Crippen molar-refractivity contribution in [1.82, 2.24) is 15.5 Å². The molecule has 1 spiro atoms. The molecule has 2 saturated carbocycles.